The second kappa shape index (κ2) is 5.86. The lowest BCUT2D eigenvalue weighted by atomic mass is 9.85. The van der Waals surface area contributed by atoms with Crippen LogP contribution in [0.15, 0.2) is 0 Å². The van der Waals surface area contributed by atoms with E-state index in [0.717, 1.165) is 38.1 Å². The van der Waals surface area contributed by atoms with Gasteiger partial charge in [-0.25, -0.2) is 0 Å². The number of nitrogens with one attached hydrogen (secondary N) is 1. The summed E-state index contributed by atoms with van der Waals surface area (Å²) < 4.78 is 5.62. The van der Waals surface area contributed by atoms with Crippen molar-refractivity contribution in [1.82, 2.24) is 5.32 Å². The minimum Gasteiger partial charge on any atom is -0.381 e. The van der Waals surface area contributed by atoms with E-state index in [-0.39, 0.29) is 0 Å². The van der Waals surface area contributed by atoms with Crippen LogP contribution in [0.3, 0.4) is 0 Å². The van der Waals surface area contributed by atoms with E-state index in [1.165, 1.54) is 12.8 Å². The quantitative estimate of drug-likeness (QED) is 0.669. The molecule has 0 aromatic carbocycles. The largest absolute Gasteiger partial charge is 0.381 e. The molecule has 0 saturated heterocycles. The van der Waals surface area contributed by atoms with Crippen LogP contribution < -0.4 is 5.32 Å². The van der Waals surface area contributed by atoms with Gasteiger partial charge < -0.3 is 10.1 Å². The number of rotatable bonds is 8. The normalized spacial score (nSPS) is 20.6. The van der Waals surface area contributed by atoms with Gasteiger partial charge in [0, 0.05) is 18.6 Å². The molecule has 0 amide bonds. The van der Waals surface area contributed by atoms with E-state index in [9.17, 15) is 0 Å². The molecule has 0 aromatic heterocycles. The maximum Gasteiger partial charge on any atom is 0.0534 e. The average Bonchev–Trinajstić information content (AvgIpc) is 2.97. The van der Waals surface area contributed by atoms with Gasteiger partial charge in [0.15, 0.2) is 0 Å². The molecule has 1 aliphatic rings. The highest BCUT2D eigenvalue weighted by atomic mass is 16.5. The van der Waals surface area contributed by atoms with Crippen molar-refractivity contribution in [3.8, 4) is 0 Å². The molecule has 2 heteroatoms. The van der Waals surface area contributed by atoms with Gasteiger partial charge in [-0.15, -0.1) is 0 Å². The van der Waals surface area contributed by atoms with E-state index in [0.29, 0.717) is 5.41 Å². The fraction of sp³-hybridized carbons (Fsp3) is 1.00. The first-order valence-electron chi connectivity index (χ1n) is 6.37. The second-order valence-electron chi connectivity index (χ2n) is 5.59. The van der Waals surface area contributed by atoms with E-state index in [1.807, 2.05) is 0 Å². The van der Waals surface area contributed by atoms with Gasteiger partial charge in [-0.3, -0.25) is 0 Å². The Morgan fingerprint density at radius 1 is 1.40 bits per heavy atom. The summed E-state index contributed by atoms with van der Waals surface area (Å²) in [6.07, 6.45) is 2.79. The SMILES string of the molecule is CCOCC(C)(CNCC(C)C)C1CC1. The third-order valence-corrected chi connectivity index (χ3v) is 3.28. The Kier molecular flexibility index (Phi) is 5.07. The van der Waals surface area contributed by atoms with Crippen LogP contribution in [0.4, 0.5) is 0 Å². The lowest BCUT2D eigenvalue weighted by molar-refractivity contribution is 0.0469. The Morgan fingerprint density at radius 3 is 2.53 bits per heavy atom. The van der Waals surface area contributed by atoms with Crippen molar-refractivity contribution in [2.45, 2.75) is 40.5 Å². The zero-order valence-electron chi connectivity index (χ0n) is 10.8. The van der Waals surface area contributed by atoms with E-state index < -0.39 is 0 Å². The fourth-order valence-electron chi connectivity index (χ4n) is 2.08. The summed E-state index contributed by atoms with van der Waals surface area (Å²) in [5.74, 6) is 1.63. The van der Waals surface area contributed by atoms with Gasteiger partial charge in [0.25, 0.3) is 0 Å². The minimum absolute atomic E-state index is 0.366. The highest BCUT2D eigenvalue weighted by Gasteiger charge is 2.41. The van der Waals surface area contributed by atoms with Gasteiger partial charge in [-0.2, -0.15) is 0 Å². The van der Waals surface area contributed by atoms with Crippen molar-refractivity contribution in [3.63, 3.8) is 0 Å². The van der Waals surface area contributed by atoms with Crippen molar-refractivity contribution in [2.75, 3.05) is 26.3 Å². The Bertz CT molecular complexity index is 177. The standard InChI is InChI=1S/C13H27NO/c1-5-15-10-13(4,12-6-7-12)9-14-8-11(2)3/h11-12,14H,5-10H2,1-4H3. The van der Waals surface area contributed by atoms with Crippen LogP contribution in [0, 0.1) is 17.3 Å². The van der Waals surface area contributed by atoms with E-state index in [2.05, 4.69) is 33.0 Å². The highest BCUT2D eigenvalue weighted by molar-refractivity contribution is 4.92. The molecule has 0 radical (unpaired) electrons. The molecular weight excluding hydrogens is 186 g/mol. The highest BCUT2D eigenvalue weighted by Crippen LogP contribution is 2.45. The van der Waals surface area contributed by atoms with Gasteiger partial charge in [-0.1, -0.05) is 20.8 Å². The summed E-state index contributed by atoms with van der Waals surface area (Å²) in [6, 6.07) is 0. The van der Waals surface area contributed by atoms with Crippen molar-refractivity contribution in [2.24, 2.45) is 17.3 Å². The Hall–Kier alpha value is -0.0800. The summed E-state index contributed by atoms with van der Waals surface area (Å²) in [6.45, 7) is 12.9. The summed E-state index contributed by atoms with van der Waals surface area (Å²) in [5, 5.41) is 3.58. The molecule has 0 spiro atoms. The Labute approximate surface area is 94.8 Å². The molecule has 0 aromatic rings. The number of ether oxygens (including phenoxy) is 1. The molecule has 1 saturated carbocycles. The third-order valence-electron chi connectivity index (χ3n) is 3.28. The molecule has 90 valence electrons. The van der Waals surface area contributed by atoms with Gasteiger partial charge in [0.1, 0.15) is 0 Å². The van der Waals surface area contributed by atoms with Crippen LogP contribution in [0.2, 0.25) is 0 Å². The molecule has 1 aliphatic carbocycles. The maximum absolute atomic E-state index is 5.62. The lowest BCUT2D eigenvalue weighted by Crippen LogP contribution is -2.39. The molecule has 1 atom stereocenters. The number of hydrogen-bond donors (Lipinski definition) is 1. The molecule has 0 bridgehead atoms. The zero-order valence-corrected chi connectivity index (χ0v) is 10.8. The first-order valence-corrected chi connectivity index (χ1v) is 6.37. The molecule has 1 N–H and O–H groups in total. The molecule has 1 fully saturated rings. The van der Waals surface area contributed by atoms with Crippen LogP contribution in [0.1, 0.15) is 40.5 Å². The van der Waals surface area contributed by atoms with Crippen LogP contribution >= 0.6 is 0 Å². The molecule has 0 heterocycles. The predicted molar refractivity (Wildman–Crippen MR) is 65.0 cm³/mol. The van der Waals surface area contributed by atoms with Crippen molar-refractivity contribution < 1.29 is 4.74 Å². The number of hydrogen-bond acceptors (Lipinski definition) is 2. The van der Waals surface area contributed by atoms with E-state index >= 15 is 0 Å². The predicted octanol–water partition coefficient (Wildman–Crippen LogP) is 2.68. The fourth-order valence-corrected chi connectivity index (χ4v) is 2.08. The molecule has 2 nitrogen and oxygen atoms in total. The molecular formula is C13H27NO. The van der Waals surface area contributed by atoms with Crippen LogP contribution in [-0.4, -0.2) is 26.3 Å². The van der Waals surface area contributed by atoms with Crippen molar-refractivity contribution >= 4 is 0 Å². The molecule has 0 aliphatic heterocycles. The lowest BCUT2D eigenvalue weighted by Gasteiger charge is -2.30. The van der Waals surface area contributed by atoms with Crippen molar-refractivity contribution in [1.29, 1.82) is 0 Å². The maximum atomic E-state index is 5.62. The van der Waals surface area contributed by atoms with Crippen molar-refractivity contribution in [3.05, 3.63) is 0 Å². The zero-order chi connectivity index (χ0) is 11.3. The van der Waals surface area contributed by atoms with E-state index in [4.69, 9.17) is 4.74 Å². The Balaban J connectivity index is 2.28. The monoisotopic (exact) mass is 213 g/mol. The van der Waals surface area contributed by atoms with Gasteiger partial charge in [-0.05, 0) is 38.1 Å². The third kappa shape index (κ3) is 4.52. The molecule has 1 rings (SSSR count). The summed E-state index contributed by atoms with van der Waals surface area (Å²) in [4.78, 5) is 0. The van der Waals surface area contributed by atoms with Crippen LogP contribution in [0.5, 0.6) is 0 Å². The minimum atomic E-state index is 0.366. The summed E-state index contributed by atoms with van der Waals surface area (Å²) in [5.41, 5.74) is 0.366. The second-order valence-corrected chi connectivity index (χ2v) is 5.59. The topological polar surface area (TPSA) is 21.3 Å². The summed E-state index contributed by atoms with van der Waals surface area (Å²) >= 11 is 0. The first-order chi connectivity index (χ1) is 7.08. The van der Waals surface area contributed by atoms with Gasteiger partial charge in [0.2, 0.25) is 0 Å². The van der Waals surface area contributed by atoms with Gasteiger partial charge >= 0.3 is 0 Å². The van der Waals surface area contributed by atoms with Gasteiger partial charge in [0.05, 0.1) is 6.61 Å². The van der Waals surface area contributed by atoms with E-state index in [1.54, 1.807) is 0 Å². The molecule has 1 unspecified atom stereocenters. The van der Waals surface area contributed by atoms with Crippen LogP contribution in [-0.2, 0) is 4.74 Å². The summed E-state index contributed by atoms with van der Waals surface area (Å²) in [7, 11) is 0. The smallest absolute Gasteiger partial charge is 0.0534 e. The molecule has 15 heavy (non-hydrogen) atoms. The first kappa shape index (κ1) is 13.0. The average molecular weight is 213 g/mol. The Morgan fingerprint density at radius 2 is 2.07 bits per heavy atom. The van der Waals surface area contributed by atoms with Crippen LogP contribution in [0.25, 0.3) is 0 Å².